The summed E-state index contributed by atoms with van der Waals surface area (Å²) in [5.41, 5.74) is -0.284. The molecule has 128 valence electrons. The average molecular weight is 334 g/mol. The minimum absolute atomic E-state index is 0.114. The van der Waals surface area contributed by atoms with Crippen molar-refractivity contribution in [2.45, 2.75) is 19.9 Å². The Bertz CT molecular complexity index is 708. The molecule has 0 radical (unpaired) electrons. The van der Waals surface area contributed by atoms with E-state index in [1.165, 1.54) is 38.3 Å². The van der Waals surface area contributed by atoms with Crippen LogP contribution in [0.3, 0.4) is 0 Å². The fourth-order valence-corrected chi connectivity index (χ4v) is 1.58. The third-order valence-corrected chi connectivity index (χ3v) is 2.90. The first kappa shape index (κ1) is 18.8. The molecule has 0 aliphatic rings. The van der Waals surface area contributed by atoms with Crippen LogP contribution in [0, 0.1) is 10.1 Å². The Kier molecular flexibility index (Phi) is 6.60. The molecule has 0 spiro atoms. The van der Waals surface area contributed by atoms with E-state index in [1.54, 1.807) is 6.92 Å². The molecule has 0 aliphatic carbocycles. The number of allylic oxidation sites excluding steroid dienone is 1. The molecule has 0 aliphatic heterocycles. The fraction of sp³-hybridized carbons (Fsp3) is 0.267. The highest BCUT2D eigenvalue weighted by Crippen LogP contribution is 2.32. The van der Waals surface area contributed by atoms with Crippen molar-refractivity contribution in [3.8, 4) is 5.75 Å². The van der Waals surface area contributed by atoms with Crippen LogP contribution in [0.15, 0.2) is 52.5 Å². The summed E-state index contributed by atoms with van der Waals surface area (Å²) in [6, 6.07) is 3.42. The molecule has 0 bridgehead atoms. The first-order chi connectivity index (χ1) is 11.3. The van der Waals surface area contributed by atoms with E-state index in [1.807, 2.05) is 0 Å². The van der Waals surface area contributed by atoms with Gasteiger partial charge in [-0.2, -0.15) is 0 Å². The second-order valence-corrected chi connectivity index (χ2v) is 4.75. The second kappa shape index (κ2) is 8.42. The van der Waals surface area contributed by atoms with Crippen LogP contribution in [0.4, 0.5) is 11.4 Å². The van der Waals surface area contributed by atoms with Crippen molar-refractivity contribution in [1.82, 2.24) is 5.32 Å². The van der Waals surface area contributed by atoms with Gasteiger partial charge in [0.2, 0.25) is 0 Å². The van der Waals surface area contributed by atoms with Crippen molar-refractivity contribution >= 4 is 17.3 Å². The molecule has 9 heteroatoms. The molecule has 2 N–H and O–H groups in total. The smallest absolute Gasteiger partial charge is 0.275 e. The number of carbonyl (C=O) groups excluding carboxylic acids is 1. The number of aliphatic hydroxyl groups is 1. The first-order valence-electron chi connectivity index (χ1n) is 6.87. The number of hydrogen-bond donors (Lipinski definition) is 2. The molecule has 1 rings (SSSR count). The number of nitro groups is 1. The Morgan fingerprint density at radius 3 is 2.71 bits per heavy atom. The fourth-order valence-electron chi connectivity index (χ4n) is 1.58. The predicted molar refractivity (Wildman–Crippen MR) is 87.3 cm³/mol. The minimum atomic E-state index is -0.632. The molecule has 1 amide bonds. The van der Waals surface area contributed by atoms with E-state index in [0.717, 1.165) is 0 Å². The van der Waals surface area contributed by atoms with E-state index in [-0.39, 0.29) is 34.6 Å². The van der Waals surface area contributed by atoms with E-state index in [9.17, 15) is 20.0 Å². The SMILES string of the molecule is C=CC(C)NC(=O)C(N=Nc1ccc([N+](=O)[O-])cc1OC)=C(C)O. The van der Waals surface area contributed by atoms with Gasteiger partial charge in [-0.25, -0.2) is 0 Å². The van der Waals surface area contributed by atoms with Gasteiger partial charge in [0.15, 0.2) is 11.4 Å². The van der Waals surface area contributed by atoms with Crippen molar-refractivity contribution < 1.29 is 19.6 Å². The van der Waals surface area contributed by atoms with E-state index in [2.05, 4.69) is 22.1 Å². The van der Waals surface area contributed by atoms with Gasteiger partial charge >= 0.3 is 0 Å². The van der Waals surface area contributed by atoms with Gasteiger partial charge < -0.3 is 15.2 Å². The molecule has 0 fully saturated rings. The Balaban J connectivity index is 3.12. The number of non-ortho nitro benzene ring substituents is 1. The van der Waals surface area contributed by atoms with Crippen molar-refractivity contribution in [3.63, 3.8) is 0 Å². The molecule has 0 heterocycles. The number of nitrogens with zero attached hydrogens (tertiary/aromatic N) is 3. The van der Waals surface area contributed by atoms with Gasteiger partial charge in [-0.3, -0.25) is 14.9 Å². The van der Waals surface area contributed by atoms with Crippen LogP contribution in [-0.2, 0) is 4.79 Å². The van der Waals surface area contributed by atoms with Crippen molar-refractivity contribution in [1.29, 1.82) is 0 Å². The molecule has 1 unspecified atom stereocenters. The molecule has 9 nitrogen and oxygen atoms in total. The van der Waals surface area contributed by atoms with Crippen LogP contribution < -0.4 is 10.1 Å². The number of hydrogen-bond acceptors (Lipinski definition) is 7. The molecule has 0 saturated heterocycles. The lowest BCUT2D eigenvalue weighted by atomic mass is 10.2. The lowest BCUT2D eigenvalue weighted by Crippen LogP contribution is -2.32. The normalized spacial score (nSPS) is 13.1. The number of ether oxygens (including phenoxy) is 1. The molecule has 0 aromatic heterocycles. The maximum atomic E-state index is 12.0. The summed E-state index contributed by atoms with van der Waals surface area (Å²) in [7, 11) is 1.32. The van der Waals surface area contributed by atoms with Gasteiger partial charge in [0.1, 0.15) is 11.4 Å². The third-order valence-electron chi connectivity index (χ3n) is 2.90. The highest BCUT2D eigenvalue weighted by Gasteiger charge is 2.15. The zero-order valence-corrected chi connectivity index (χ0v) is 13.5. The van der Waals surface area contributed by atoms with E-state index >= 15 is 0 Å². The van der Waals surface area contributed by atoms with Crippen molar-refractivity contribution in [2.75, 3.05) is 7.11 Å². The van der Waals surface area contributed by atoms with E-state index < -0.39 is 10.8 Å². The summed E-state index contributed by atoms with van der Waals surface area (Å²) < 4.78 is 5.02. The van der Waals surface area contributed by atoms with Gasteiger partial charge in [-0.05, 0) is 19.9 Å². The number of nitrogens with one attached hydrogen (secondary N) is 1. The summed E-state index contributed by atoms with van der Waals surface area (Å²) in [4.78, 5) is 22.2. The van der Waals surface area contributed by atoms with Crippen LogP contribution in [-0.4, -0.2) is 29.1 Å². The van der Waals surface area contributed by atoms with E-state index in [4.69, 9.17) is 4.74 Å². The summed E-state index contributed by atoms with van der Waals surface area (Å²) in [6.45, 7) is 6.53. The van der Waals surface area contributed by atoms with Gasteiger partial charge in [-0.15, -0.1) is 16.8 Å². The van der Waals surface area contributed by atoms with Crippen LogP contribution in [0.5, 0.6) is 5.75 Å². The summed E-state index contributed by atoms with van der Waals surface area (Å²) in [6.07, 6.45) is 1.51. The molecule has 0 saturated carbocycles. The Hall–Kier alpha value is -3.23. The highest BCUT2D eigenvalue weighted by atomic mass is 16.6. The van der Waals surface area contributed by atoms with Crippen molar-refractivity contribution in [2.24, 2.45) is 10.2 Å². The van der Waals surface area contributed by atoms with Crippen molar-refractivity contribution in [3.05, 3.63) is 52.4 Å². The quantitative estimate of drug-likeness (QED) is 0.198. The van der Waals surface area contributed by atoms with Crippen LogP contribution in [0.1, 0.15) is 13.8 Å². The van der Waals surface area contributed by atoms with Gasteiger partial charge in [0.05, 0.1) is 18.1 Å². The topological polar surface area (TPSA) is 126 Å². The molecule has 1 atom stereocenters. The number of carbonyl (C=O) groups is 1. The summed E-state index contributed by atoms with van der Waals surface area (Å²) in [5, 5.41) is 30.5. The molecular weight excluding hydrogens is 316 g/mol. The van der Waals surface area contributed by atoms with Gasteiger partial charge in [-0.1, -0.05) is 6.08 Å². The van der Waals surface area contributed by atoms with Crippen LogP contribution >= 0.6 is 0 Å². The lowest BCUT2D eigenvalue weighted by molar-refractivity contribution is -0.384. The predicted octanol–water partition coefficient (Wildman–Crippen LogP) is 3.17. The standard InChI is InChI=1S/C15H18N4O5/c1-5-9(2)16-15(21)14(10(3)20)18-17-12-7-6-11(19(22)23)8-13(12)24-4/h5-9,20H,1H2,2-4H3,(H,16,21). The number of benzene rings is 1. The third kappa shape index (κ3) is 4.90. The van der Waals surface area contributed by atoms with Gasteiger partial charge in [0, 0.05) is 12.1 Å². The Morgan fingerprint density at radius 1 is 1.54 bits per heavy atom. The number of methoxy groups -OCH3 is 1. The first-order valence-corrected chi connectivity index (χ1v) is 6.87. The highest BCUT2D eigenvalue weighted by molar-refractivity contribution is 5.93. The Labute approximate surface area is 138 Å². The maximum absolute atomic E-state index is 12.0. The zero-order chi connectivity index (χ0) is 18.3. The molecular formula is C15H18N4O5. The Morgan fingerprint density at radius 2 is 2.21 bits per heavy atom. The van der Waals surface area contributed by atoms with Gasteiger partial charge in [0.25, 0.3) is 11.6 Å². The number of aliphatic hydroxyl groups excluding tert-OH is 1. The zero-order valence-electron chi connectivity index (χ0n) is 13.5. The average Bonchev–Trinajstić information content (AvgIpc) is 2.54. The second-order valence-electron chi connectivity index (χ2n) is 4.75. The minimum Gasteiger partial charge on any atom is -0.510 e. The maximum Gasteiger partial charge on any atom is 0.275 e. The summed E-state index contributed by atoms with van der Waals surface area (Å²) in [5.74, 6) is -0.844. The largest absolute Gasteiger partial charge is 0.510 e. The van der Waals surface area contributed by atoms with Crippen LogP contribution in [0.2, 0.25) is 0 Å². The number of nitro benzene ring substituents is 1. The molecule has 24 heavy (non-hydrogen) atoms. The number of amides is 1. The molecule has 1 aromatic carbocycles. The molecule has 1 aromatic rings. The van der Waals surface area contributed by atoms with E-state index in [0.29, 0.717) is 0 Å². The van der Waals surface area contributed by atoms with Crippen LogP contribution in [0.25, 0.3) is 0 Å². The monoisotopic (exact) mass is 334 g/mol. The summed E-state index contributed by atoms with van der Waals surface area (Å²) >= 11 is 0. The lowest BCUT2D eigenvalue weighted by Gasteiger charge is -2.09. The number of azo groups is 1. The number of rotatable bonds is 7.